The van der Waals surface area contributed by atoms with Crippen molar-refractivity contribution in [3.8, 4) is 0 Å². The number of hydrogen-bond donors (Lipinski definition) is 2. The van der Waals surface area contributed by atoms with Gasteiger partial charge in [-0.15, -0.1) is 0 Å². The van der Waals surface area contributed by atoms with Crippen LogP contribution >= 0.6 is 0 Å². The molecule has 0 aromatic carbocycles. The zero-order chi connectivity index (χ0) is 18.9. The molecule has 10 aliphatic heterocycles. The fourth-order valence-electron chi connectivity index (χ4n) is 21.0. The summed E-state index contributed by atoms with van der Waals surface area (Å²) in [7, 11) is 0. The molecule has 27 heavy (non-hydrogen) atoms. The van der Waals surface area contributed by atoms with E-state index in [2.05, 4.69) is 66.0 Å². The van der Waals surface area contributed by atoms with Crippen LogP contribution < -0.4 is 10.6 Å². The summed E-state index contributed by atoms with van der Waals surface area (Å²) >= 11 is 0. The van der Waals surface area contributed by atoms with Gasteiger partial charge in [-0.25, -0.2) is 0 Å². The van der Waals surface area contributed by atoms with Crippen LogP contribution in [0.25, 0.3) is 0 Å². The summed E-state index contributed by atoms with van der Waals surface area (Å²) in [5.41, 5.74) is 0.532. The maximum absolute atomic E-state index is 4.30. The Kier molecular flexibility index (Phi) is 0.856. The summed E-state index contributed by atoms with van der Waals surface area (Å²) in [6, 6.07) is 1.69. The summed E-state index contributed by atoms with van der Waals surface area (Å²) in [5, 5.41) is 8.60. The fourth-order valence-corrected chi connectivity index (χ4v) is 99.3. The zero-order valence-corrected chi connectivity index (χ0v) is 19.6. The Hall–Kier alpha value is 0.439. The van der Waals surface area contributed by atoms with E-state index < -0.39 is 6.51 Å². The van der Waals surface area contributed by atoms with Gasteiger partial charge in [-0.3, -0.25) is 0 Å². The van der Waals surface area contributed by atoms with Crippen molar-refractivity contribution in [2.24, 2.45) is 0 Å². The van der Waals surface area contributed by atoms with Gasteiger partial charge in [0.1, 0.15) is 0 Å². The van der Waals surface area contributed by atoms with Gasteiger partial charge in [-0.2, -0.15) is 0 Å². The minimum atomic E-state index is -3.39. The van der Waals surface area contributed by atoms with Gasteiger partial charge in [-0.05, 0) is 0 Å². The predicted octanol–water partition coefficient (Wildman–Crippen LogP) is 6.45. The first-order chi connectivity index (χ1) is 12.3. The molecule has 1 spiro atoms. The normalized spacial score (nSPS) is 86.1. The third-order valence-corrected chi connectivity index (χ3v) is 61.6. The van der Waals surface area contributed by atoms with E-state index in [9.17, 15) is 0 Å². The van der Waals surface area contributed by atoms with Crippen molar-refractivity contribution < 1.29 is 6.51 Å². The summed E-state index contributed by atoms with van der Waals surface area (Å²) < 4.78 is 1.76. The van der Waals surface area contributed by atoms with E-state index in [-0.39, 0.29) is 11.1 Å². The number of rotatable bonds is 6. The van der Waals surface area contributed by atoms with Gasteiger partial charge in [0, 0.05) is 0 Å². The first kappa shape index (κ1) is 14.4. The Morgan fingerprint density at radius 1 is 0.667 bits per heavy atom. The molecule has 154 valence electrons. The standard InChI is InChI=1S/C19H35N2.C5H5.Fe/c1-9-16(20-18(3,4)5)14-12-11-13-15(14)17(10-2)21-19(6,7)8;1-2-4-5-3-1;/h11-13,16-17,20-21H,9-10H2,1-8H3;1-5H;. The molecule has 2 nitrogen and oxygen atoms in total. The molecule has 10 heterocycles. The van der Waals surface area contributed by atoms with Crippen LogP contribution in [-0.4, -0.2) is 23.2 Å². The molecule has 10 rings (SSSR count). The van der Waals surface area contributed by atoms with E-state index in [1.807, 2.05) is 0 Å². The van der Waals surface area contributed by atoms with Crippen LogP contribution in [0.15, 0.2) is 0 Å². The van der Waals surface area contributed by atoms with E-state index in [4.69, 9.17) is 0 Å². The molecule has 3 heteroatoms. The van der Waals surface area contributed by atoms with Crippen molar-refractivity contribution in [3.05, 3.63) is 0 Å². The van der Waals surface area contributed by atoms with Crippen molar-refractivity contribution in [2.75, 3.05) is 0 Å². The van der Waals surface area contributed by atoms with Gasteiger partial charge < -0.3 is 0 Å². The van der Waals surface area contributed by atoms with Crippen LogP contribution in [0, 0.1) is 0 Å². The van der Waals surface area contributed by atoms with Crippen LogP contribution in [-0.2, 0) is 6.51 Å². The summed E-state index contributed by atoms with van der Waals surface area (Å²) in [6.07, 6.45) is 2.77. The van der Waals surface area contributed by atoms with E-state index in [1.165, 1.54) is 51.4 Å². The molecule has 10 fully saturated rings. The molecule has 10 aliphatic rings. The molecule has 6 atom stereocenters. The second-order valence-electron chi connectivity index (χ2n) is 16.6. The third kappa shape index (κ3) is 0.246. The Balaban J connectivity index is 1.28. The number of fused-ring (bicyclic) bond motifs is 10. The second-order valence-corrected chi connectivity index (χ2v) is 39.9. The monoisotopic (exact) mass is 412 g/mol. The van der Waals surface area contributed by atoms with Crippen molar-refractivity contribution in [2.45, 2.75) is 139 Å². The average molecular weight is 412 g/mol. The molecule has 0 aromatic rings. The zero-order valence-electron chi connectivity index (χ0n) is 18.5. The van der Waals surface area contributed by atoms with Gasteiger partial charge in [0.05, 0.1) is 0 Å². The molecule has 0 aromatic heterocycles. The van der Waals surface area contributed by atoms with Crippen LogP contribution in [0.5, 0.6) is 0 Å². The maximum atomic E-state index is 4.30. The molecule has 0 aliphatic carbocycles. The second kappa shape index (κ2) is 1.60. The first-order valence-electron chi connectivity index (χ1n) is 12.0. The topological polar surface area (TPSA) is 24.1 Å². The Morgan fingerprint density at radius 2 is 1.00 bits per heavy atom. The van der Waals surface area contributed by atoms with Crippen LogP contribution in [0.3, 0.4) is 0 Å². The van der Waals surface area contributed by atoms with Crippen LogP contribution in [0.4, 0.5) is 0 Å². The predicted molar refractivity (Wildman–Crippen MR) is 109 cm³/mol. The molecular weight excluding hydrogens is 372 g/mol. The molecule has 6 unspecified atom stereocenters. The Morgan fingerprint density at radius 3 is 1.19 bits per heavy atom. The van der Waals surface area contributed by atoms with Gasteiger partial charge >= 0.3 is 156 Å². The molecule has 10 saturated heterocycles. The number of nitrogens with one attached hydrogen (secondary N) is 2. The molecule has 0 saturated carbocycles. The Labute approximate surface area is 155 Å². The summed E-state index contributed by atoms with van der Waals surface area (Å²) in [6.45, 7) is 16.2. The van der Waals surface area contributed by atoms with Gasteiger partial charge in [-0.1, -0.05) is 0 Å². The van der Waals surface area contributed by atoms with E-state index in [1.54, 1.807) is 0 Å². The molecule has 0 amide bonds. The van der Waals surface area contributed by atoms with Crippen molar-refractivity contribution in [1.29, 1.82) is 0 Å². The van der Waals surface area contributed by atoms with Crippen LogP contribution in [0.2, 0.25) is 47.2 Å². The quantitative estimate of drug-likeness (QED) is 0.490. The average Bonchev–Trinajstić information content (AvgIpc) is 3.49. The van der Waals surface area contributed by atoms with Crippen molar-refractivity contribution >= 4 is 0 Å². The Bertz CT molecular complexity index is 1140. The summed E-state index contributed by atoms with van der Waals surface area (Å²) in [4.78, 5) is 11.0. The fraction of sp³-hybridized carbons (Fsp3) is 1.00. The third-order valence-electron chi connectivity index (χ3n) is 18.1. The molecule has 0 radical (unpaired) electrons. The SMILES string of the molecule is CCC(NC(C)(C)C)[C]12[CH]3[CH]4[CH]5[C]1(C(CC)NC(C)(C)C)[Fe]43521678[CH]2[CH]1[CH]6[CH]7[CH]28. The van der Waals surface area contributed by atoms with Crippen molar-refractivity contribution in [3.63, 3.8) is 0 Å². The molecule has 2 N–H and O–H groups in total. The minimum absolute atomic E-state index is 0.266. The van der Waals surface area contributed by atoms with E-state index in [0.29, 0.717) is 0 Å². The van der Waals surface area contributed by atoms with Gasteiger partial charge in [0.25, 0.3) is 0 Å². The van der Waals surface area contributed by atoms with Gasteiger partial charge in [0.2, 0.25) is 0 Å². The van der Waals surface area contributed by atoms with Gasteiger partial charge in [0.15, 0.2) is 0 Å². The van der Waals surface area contributed by atoms with Crippen LogP contribution in [0.1, 0.15) is 68.2 Å². The first-order valence-corrected chi connectivity index (χ1v) is 18.2. The summed E-state index contributed by atoms with van der Waals surface area (Å²) in [5.74, 6) is 0. The molecule has 0 bridgehead atoms. The van der Waals surface area contributed by atoms with E-state index >= 15 is 0 Å². The van der Waals surface area contributed by atoms with E-state index in [0.717, 1.165) is 20.7 Å². The number of hydrogen-bond acceptors (Lipinski definition) is 2. The van der Waals surface area contributed by atoms with Crippen molar-refractivity contribution in [1.82, 2.24) is 10.6 Å². The molecular formula is C24H40FeN2.